The standard InChI is InChI=1S/C15H16N2O6S/c1-16-13(18)11-5-4-10(7-12(11)14(16)19)24(22,23)17-6-2-3-9(8-17)15(20)21/h4-5,7,9H,2-3,6,8H2,1H3,(H,20,21). The fourth-order valence-electron chi connectivity index (χ4n) is 3.01. The number of hydrogen-bond acceptors (Lipinski definition) is 5. The molecule has 1 aromatic rings. The average molecular weight is 352 g/mol. The van der Waals surface area contributed by atoms with Gasteiger partial charge in [-0.1, -0.05) is 0 Å². The van der Waals surface area contributed by atoms with Crippen LogP contribution in [0, 0.1) is 5.92 Å². The number of rotatable bonds is 3. The van der Waals surface area contributed by atoms with Gasteiger partial charge in [-0.15, -0.1) is 0 Å². The second kappa shape index (κ2) is 5.67. The number of carbonyl (C=O) groups is 3. The van der Waals surface area contributed by atoms with Crippen molar-refractivity contribution in [2.24, 2.45) is 5.92 Å². The first kappa shape index (κ1) is 16.6. The van der Waals surface area contributed by atoms with E-state index in [2.05, 4.69) is 0 Å². The summed E-state index contributed by atoms with van der Waals surface area (Å²) in [4.78, 5) is 35.8. The molecule has 0 aliphatic carbocycles. The minimum absolute atomic E-state index is 0.0513. The number of carbonyl (C=O) groups excluding carboxylic acids is 2. The van der Waals surface area contributed by atoms with Gasteiger partial charge in [-0.25, -0.2) is 8.42 Å². The highest BCUT2D eigenvalue weighted by atomic mass is 32.2. The maximum Gasteiger partial charge on any atom is 0.307 e. The van der Waals surface area contributed by atoms with Gasteiger partial charge >= 0.3 is 5.97 Å². The highest BCUT2D eigenvalue weighted by Crippen LogP contribution is 2.28. The molecule has 3 rings (SSSR count). The summed E-state index contributed by atoms with van der Waals surface area (Å²) in [6.07, 6.45) is 0.893. The molecule has 1 aromatic carbocycles. The Hall–Kier alpha value is -2.26. The zero-order chi connectivity index (χ0) is 17.6. The lowest BCUT2D eigenvalue weighted by molar-refractivity contribution is -0.142. The van der Waals surface area contributed by atoms with E-state index < -0.39 is 33.7 Å². The average Bonchev–Trinajstić information content (AvgIpc) is 2.79. The highest BCUT2D eigenvalue weighted by molar-refractivity contribution is 7.89. The van der Waals surface area contributed by atoms with Crippen LogP contribution in [-0.2, 0) is 14.8 Å². The van der Waals surface area contributed by atoms with Crippen molar-refractivity contribution in [1.82, 2.24) is 9.21 Å². The number of carboxylic acids is 1. The Kier molecular flexibility index (Phi) is 3.92. The van der Waals surface area contributed by atoms with Crippen LogP contribution < -0.4 is 0 Å². The maximum absolute atomic E-state index is 12.7. The topological polar surface area (TPSA) is 112 Å². The molecule has 24 heavy (non-hydrogen) atoms. The summed E-state index contributed by atoms with van der Waals surface area (Å²) in [7, 11) is -2.59. The number of nitrogens with zero attached hydrogens (tertiary/aromatic N) is 2. The third-order valence-corrected chi connectivity index (χ3v) is 6.29. The molecule has 0 spiro atoms. The molecule has 1 fully saturated rings. The summed E-state index contributed by atoms with van der Waals surface area (Å²) in [6, 6.07) is 3.80. The molecule has 2 heterocycles. The summed E-state index contributed by atoms with van der Waals surface area (Å²) < 4.78 is 26.6. The van der Waals surface area contributed by atoms with Gasteiger partial charge in [-0.2, -0.15) is 4.31 Å². The van der Waals surface area contributed by atoms with E-state index in [-0.39, 0.29) is 29.1 Å². The largest absolute Gasteiger partial charge is 0.481 e. The van der Waals surface area contributed by atoms with Crippen molar-refractivity contribution < 1.29 is 27.9 Å². The highest BCUT2D eigenvalue weighted by Gasteiger charge is 2.37. The number of hydrogen-bond donors (Lipinski definition) is 1. The molecule has 1 atom stereocenters. The van der Waals surface area contributed by atoms with Gasteiger partial charge in [0.15, 0.2) is 0 Å². The summed E-state index contributed by atoms with van der Waals surface area (Å²) in [5.74, 6) is -2.78. The van der Waals surface area contributed by atoms with Crippen molar-refractivity contribution in [1.29, 1.82) is 0 Å². The van der Waals surface area contributed by atoms with Crippen LogP contribution in [0.15, 0.2) is 23.1 Å². The van der Waals surface area contributed by atoms with Crippen LogP contribution in [0.3, 0.4) is 0 Å². The van der Waals surface area contributed by atoms with E-state index in [1.54, 1.807) is 0 Å². The molecule has 8 nitrogen and oxygen atoms in total. The quantitative estimate of drug-likeness (QED) is 0.788. The fraction of sp³-hybridized carbons (Fsp3) is 0.400. The Morgan fingerprint density at radius 2 is 1.88 bits per heavy atom. The molecule has 2 aliphatic heterocycles. The number of piperidine rings is 1. The Morgan fingerprint density at radius 3 is 2.54 bits per heavy atom. The van der Waals surface area contributed by atoms with Crippen molar-refractivity contribution >= 4 is 27.8 Å². The second-order valence-corrected chi connectivity index (χ2v) is 7.86. The summed E-state index contributed by atoms with van der Waals surface area (Å²) in [5.41, 5.74) is 0.221. The van der Waals surface area contributed by atoms with Gasteiger partial charge in [-0.05, 0) is 31.0 Å². The molecule has 1 unspecified atom stereocenters. The SMILES string of the molecule is CN1C(=O)c2ccc(S(=O)(=O)N3CCCC(C(=O)O)C3)cc2C1=O. The fourth-order valence-corrected chi connectivity index (χ4v) is 4.56. The van der Waals surface area contributed by atoms with E-state index >= 15 is 0 Å². The normalized spacial score (nSPS) is 21.9. The van der Waals surface area contributed by atoms with Crippen molar-refractivity contribution in [2.75, 3.05) is 20.1 Å². The first-order chi connectivity index (χ1) is 11.2. The van der Waals surface area contributed by atoms with Crippen LogP contribution in [0.5, 0.6) is 0 Å². The third-order valence-electron chi connectivity index (χ3n) is 4.43. The molecule has 1 saturated heterocycles. The number of carboxylic acid groups (broad SMARTS) is 1. The maximum atomic E-state index is 12.7. The van der Waals surface area contributed by atoms with E-state index in [0.717, 1.165) is 9.21 Å². The Bertz CT molecular complexity index is 848. The van der Waals surface area contributed by atoms with Crippen molar-refractivity contribution in [3.05, 3.63) is 29.3 Å². The number of sulfonamides is 1. The van der Waals surface area contributed by atoms with Crippen LogP contribution in [0.4, 0.5) is 0 Å². The molecule has 2 amide bonds. The molecule has 0 saturated carbocycles. The molecule has 0 bridgehead atoms. The van der Waals surface area contributed by atoms with E-state index in [9.17, 15) is 22.8 Å². The van der Waals surface area contributed by atoms with Gasteiger partial charge in [0.2, 0.25) is 10.0 Å². The van der Waals surface area contributed by atoms with E-state index in [1.807, 2.05) is 0 Å². The van der Waals surface area contributed by atoms with Gasteiger partial charge in [0.1, 0.15) is 0 Å². The van der Waals surface area contributed by atoms with Crippen LogP contribution in [0.25, 0.3) is 0 Å². The molecule has 2 aliphatic rings. The number of aliphatic carboxylic acids is 1. The smallest absolute Gasteiger partial charge is 0.307 e. The van der Waals surface area contributed by atoms with Crippen LogP contribution in [-0.4, -0.2) is 60.7 Å². The first-order valence-electron chi connectivity index (χ1n) is 7.43. The van der Waals surface area contributed by atoms with E-state index in [0.29, 0.717) is 12.8 Å². The first-order valence-corrected chi connectivity index (χ1v) is 8.87. The second-order valence-electron chi connectivity index (χ2n) is 5.92. The van der Waals surface area contributed by atoms with Crippen molar-refractivity contribution in [2.45, 2.75) is 17.7 Å². The molecular weight excluding hydrogens is 336 g/mol. The lowest BCUT2D eigenvalue weighted by atomic mass is 10.0. The van der Waals surface area contributed by atoms with E-state index in [4.69, 9.17) is 5.11 Å². The Morgan fingerprint density at radius 1 is 1.21 bits per heavy atom. The zero-order valence-corrected chi connectivity index (χ0v) is 13.7. The predicted octanol–water partition coefficient (Wildman–Crippen LogP) is 0.398. The minimum atomic E-state index is -3.92. The monoisotopic (exact) mass is 352 g/mol. The molecule has 1 N–H and O–H groups in total. The Labute approximate surface area is 138 Å². The number of benzene rings is 1. The van der Waals surface area contributed by atoms with Crippen LogP contribution in [0.1, 0.15) is 33.6 Å². The predicted molar refractivity (Wildman–Crippen MR) is 82.0 cm³/mol. The van der Waals surface area contributed by atoms with Gasteiger partial charge < -0.3 is 5.11 Å². The molecular formula is C15H16N2O6S. The molecule has 0 aromatic heterocycles. The Balaban J connectivity index is 1.96. The van der Waals surface area contributed by atoms with Crippen LogP contribution in [0.2, 0.25) is 0 Å². The number of amides is 2. The molecule has 128 valence electrons. The van der Waals surface area contributed by atoms with Gasteiger partial charge in [0.25, 0.3) is 11.8 Å². The van der Waals surface area contributed by atoms with Crippen molar-refractivity contribution in [3.8, 4) is 0 Å². The van der Waals surface area contributed by atoms with Crippen molar-refractivity contribution in [3.63, 3.8) is 0 Å². The summed E-state index contributed by atoms with van der Waals surface area (Å²) >= 11 is 0. The summed E-state index contributed by atoms with van der Waals surface area (Å²) in [6.45, 7) is 0.136. The number of imide groups is 1. The lowest BCUT2D eigenvalue weighted by Crippen LogP contribution is -2.42. The van der Waals surface area contributed by atoms with Crippen LogP contribution >= 0.6 is 0 Å². The van der Waals surface area contributed by atoms with Gasteiger partial charge in [0, 0.05) is 20.1 Å². The van der Waals surface area contributed by atoms with E-state index in [1.165, 1.54) is 25.2 Å². The molecule has 9 heteroatoms. The van der Waals surface area contributed by atoms with Gasteiger partial charge in [0.05, 0.1) is 21.9 Å². The summed E-state index contributed by atoms with van der Waals surface area (Å²) in [5, 5.41) is 9.10. The third kappa shape index (κ3) is 2.49. The number of fused-ring (bicyclic) bond motifs is 1. The zero-order valence-electron chi connectivity index (χ0n) is 12.9. The minimum Gasteiger partial charge on any atom is -0.481 e. The van der Waals surface area contributed by atoms with Gasteiger partial charge in [-0.3, -0.25) is 19.3 Å². The molecule has 0 radical (unpaired) electrons. The lowest BCUT2D eigenvalue weighted by Gasteiger charge is -2.29.